The van der Waals surface area contributed by atoms with Gasteiger partial charge in [-0.1, -0.05) is 30.7 Å². The van der Waals surface area contributed by atoms with E-state index < -0.39 is 6.04 Å². The molecule has 0 aliphatic heterocycles. The largest absolute Gasteiger partial charge is 0.394 e. The van der Waals surface area contributed by atoms with Gasteiger partial charge in [-0.3, -0.25) is 9.89 Å². The number of nitrogens with zero attached hydrogens (tertiary/aromatic N) is 1. The first kappa shape index (κ1) is 17.5. The summed E-state index contributed by atoms with van der Waals surface area (Å²) in [5, 5.41) is 20.1. The van der Waals surface area contributed by atoms with Crippen molar-refractivity contribution in [1.82, 2.24) is 15.5 Å². The van der Waals surface area contributed by atoms with Crippen molar-refractivity contribution in [2.45, 2.75) is 39.2 Å². The molecule has 0 spiro atoms. The minimum Gasteiger partial charge on any atom is -0.394 e. The standard InChI is InChI=1S/C17H22ClN3O2/c1-10(17-11(2)20-21-12(17)3)8-16(23)19-15(9-22)13-4-6-14(18)7-5-13/h4-7,10,15,22H,8-9H2,1-3H3,(H,19,23)(H,20,21). The number of benzene rings is 1. The molecule has 1 aromatic carbocycles. The molecule has 6 heteroatoms. The number of aliphatic hydroxyl groups excluding tert-OH is 1. The average molecular weight is 336 g/mol. The Morgan fingerprint density at radius 3 is 2.52 bits per heavy atom. The predicted molar refractivity (Wildman–Crippen MR) is 90.5 cm³/mol. The number of hydrogen-bond donors (Lipinski definition) is 3. The maximum Gasteiger partial charge on any atom is 0.221 e. The number of rotatable bonds is 6. The second-order valence-corrected chi connectivity index (χ2v) is 6.24. The second-order valence-electron chi connectivity index (χ2n) is 5.81. The number of aromatic amines is 1. The van der Waals surface area contributed by atoms with E-state index in [-0.39, 0.29) is 18.4 Å². The Morgan fingerprint density at radius 2 is 2.00 bits per heavy atom. The van der Waals surface area contributed by atoms with Gasteiger partial charge in [-0.25, -0.2) is 0 Å². The van der Waals surface area contributed by atoms with Crippen molar-refractivity contribution in [2.24, 2.45) is 0 Å². The third-order valence-corrected chi connectivity index (χ3v) is 4.21. The van der Waals surface area contributed by atoms with Crippen molar-refractivity contribution in [1.29, 1.82) is 0 Å². The van der Waals surface area contributed by atoms with Gasteiger partial charge < -0.3 is 10.4 Å². The molecule has 1 aromatic heterocycles. The molecule has 0 aliphatic carbocycles. The van der Waals surface area contributed by atoms with Gasteiger partial charge in [0.25, 0.3) is 0 Å². The lowest BCUT2D eigenvalue weighted by Gasteiger charge is -2.19. The van der Waals surface area contributed by atoms with Crippen LogP contribution in [0, 0.1) is 13.8 Å². The van der Waals surface area contributed by atoms with Crippen molar-refractivity contribution in [3.63, 3.8) is 0 Å². The van der Waals surface area contributed by atoms with E-state index in [1.807, 2.05) is 20.8 Å². The first-order valence-electron chi connectivity index (χ1n) is 7.59. The summed E-state index contributed by atoms with van der Waals surface area (Å²) in [5.41, 5.74) is 3.80. The normalized spacial score (nSPS) is 13.6. The smallest absolute Gasteiger partial charge is 0.221 e. The highest BCUT2D eigenvalue weighted by Gasteiger charge is 2.20. The molecule has 0 saturated heterocycles. The van der Waals surface area contributed by atoms with Gasteiger partial charge in [0.15, 0.2) is 0 Å². The lowest BCUT2D eigenvalue weighted by Crippen LogP contribution is -2.31. The summed E-state index contributed by atoms with van der Waals surface area (Å²) in [6.45, 7) is 5.72. The highest BCUT2D eigenvalue weighted by Crippen LogP contribution is 2.25. The summed E-state index contributed by atoms with van der Waals surface area (Å²) in [6, 6.07) is 6.66. The number of carbonyl (C=O) groups is 1. The number of H-pyrrole nitrogens is 1. The van der Waals surface area contributed by atoms with Crippen LogP contribution >= 0.6 is 11.6 Å². The van der Waals surface area contributed by atoms with Crippen LogP contribution in [-0.4, -0.2) is 27.8 Å². The van der Waals surface area contributed by atoms with Gasteiger partial charge in [-0.05, 0) is 43.0 Å². The average Bonchev–Trinajstić information content (AvgIpc) is 2.85. The second kappa shape index (κ2) is 7.62. The Balaban J connectivity index is 2.01. The van der Waals surface area contributed by atoms with Crippen LogP contribution in [0.2, 0.25) is 5.02 Å². The van der Waals surface area contributed by atoms with Crippen molar-refractivity contribution in [2.75, 3.05) is 6.61 Å². The van der Waals surface area contributed by atoms with Crippen LogP contribution in [0.1, 0.15) is 47.8 Å². The van der Waals surface area contributed by atoms with Crippen LogP contribution in [0.4, 0.5) is 0 Å². The molecular weight excluding hydrogens is 314 g/mol. The number of halogens is 1. The highest BCUT2D eigenvalue weighted by molar-refractivity contribution is 6.30. The van der Waals surface area contributed by atoms with E-state index in [0.717, 1.165) is 22.5 Å². The zero-order valence-corrected chi connectivity index (χ0v) is 14.3. The molecule has 124 valence electrons. The topological polar surface area (TPSA) is 78.0 Å². The van der Waals surface area contributed by atoms with E-state index >= 15 is 0 Å². The highest BCUT2D eigenvalue weighted by atomic mass is 35.5. The van der Waals surface area contributed by atoms with Crippen molar-refractivity contribution in [3.05, 3.63) is 51.8 Å². The molecule has 1 heterocycles. The molecule has 1 amide bonds. The summed E-state index contributed by atoms with van der Waals surface area (Å²) in [6.07, 6.45) is 0.339. The van der Waals surface area contributed by atoms with Crippen LogP contribution in [0.15, 0.2) is 24.3 Å². The Hall–Kier alpha value is -1.85. The molecule has 0 aliphatic rings. The van der Waals surface area contributed by atoms with Gasteiger partial charge >= 0.3 is 0 Å². The number of aryl methyl sites for hydroxylation is 2. The third kappa shape index (κ3) is 4.33. The van der Waals surface area contributed by atoms with E-state index in [0.29, 0.717) is 11.4 Å². The summed E-state index contributed by atoms with van der Waals surface area (Å²) in [7, 11) is 0. The molecule has 5 nitrogen and oxygen atoms in total. The molecule has 23 heavy (non-hydrogen) atoms. The Morgan fingerprint density at radius 1 is 1.35 bits per heavy atom. The van der Waals surface area contributed by atoms with Crippen molar-refractivity contribution >= 4 is 17.5 Å². The first-order valence-corrected chi connectivity index (χ1v) is 7.97. The minimum absolute atomic E-state index is 0.0540. The summed E-state index contributed by atoms with van der Waals surface area (Å²) >= 11 is 5.86. The molecule has 0 bridgehead atoms. The Kier molecular flexibility index (Phi) is 5.80. The van der Waals surface area contributed by atoms with Crippen LogP contribution in [0.3, 0.4) is 0 Å². The molecule has 2 aromatic rings. The molecule has 3 N–H and O–H groups in total. The van der Waals surface area contributed by atoms with Crippen molar-refractivity contribution in [3.8, 4) is 0 Å². The van der Waals surface area contributed by atoms with E-state index in [1.165, 1.54) is 0 Å². The number of carbonyl (C=O) groups excluding carboxylic acids is 1. The Labute approximate surface area is 141 Å². The maximum atomic E-state index is 12.3. The zero-order chi connectivity index (χ0) is 17.0. The fourth-order valence-corrected chi connectivity index (χ4v) is 2.97. The molecule has 0 saturated carbocycles. The van der Waals surface area contributed by atoms with Crippen LogP contribution in [0.25, 0.3) is 0 Å². The van der Waals surface area contributed by atoms with Gasteiger partial charge in [0.05, 0.1) is 18.3 Å². The fourth-order valence-electron chi connectivity index (χ4n) is 2.85. The molecule has 2 unspecified atom stereocenters. The van der Waals surface area contributed by atoms with E-state index in [2.05, 4.69) is 15.5 Å². The lowest BCUT2D eigenvalue weighted by molar-refractivity contribution is -0.122. The van der Waals surface area contributed by atoms with Gasteiger partial charge in [0, 0.05) is 17.1 Å². The van der Waals surface area contributed by atoms with E-state index in [4.69, 9.17) is 11.6 Å². The number of aromatic nitrogens is 2. The van der Waals surface area contributed by atoms with Crippen LogP contribution in [-0.2, 0) is 4.79 Å². The van der Waals surface area contributed by atoms with Gasteiger partial charge in [-0.15, -0.1) is 0 Å². The Bertz CT molecular complexity index is 647. The number of nitrogens with one attached hydrogen (secondary N) is 2. The van der Waals surface area contributed by atoms with Crippen LogP contribution < -0.4 is 5.32 Å². The third-order valence-electron chi connectivity index (χ3n) is 3.96. The SMILES string of the molecule is Cc1n[nH]c(C)c1C(C)CC(=O)NC(CO)c1ccc(Cl)cc1. The monoisotopic (exact) mass is 335 g/mol. The molecular formula is C17H22ClN3O2. The quantitative estimate of drug-likeness (QED) is 0.759. The van der Waals surface area contributed by atoms with E-state index in [9.17, 15) is 9.90 Å². The first-order chi connectivity index (χ1) is 10.9. The zero-order valence-electron chi connectivity index (χ0n) is 13.6. The van der Waals surface area contributed by atoms with Crippen LogP contribution in [0.5, 0.6) is 0 Å². The predicted octanol–water partition coefficient (Wildman–Crippen LogP) is 3.02. The van der Waals surface area contributed by atoms with Gasteiger partial charge in [0.1, 0.15) is 0 Å². The molecule has 0 radical (unpaired) electrons. The number of aliphatic hydroxyl groups is 1. The van der Waals surface area contributed by atoms with E-state index in [1.54, 1.807) is 24.3 Å². The molecule has 2 atom stereocenters. The number of amides is 1. The lowest BCUT2D eigenvalue weighted by atomic mass is 9.95. The van der Waals surface area contributed by atoms with Gasteiger partial charge in [0.2, 0.25) is 5.91 Å². The fraction of sp³-hybridized carbons (Fsp3) is 0.412. The molecule has 2 rings (SSSR count). The number of hydrogen-bond acceptors (Lipinski definition) is 3. The summed E-state index contributed by atoms with van der Waals surface area (Å²) < 4.78 is 0. The summed E-state index contributed by atoms with van der Waals surface area (Å²) in [5.74, 6) is -0.0511. The molecule has 0 fully saturated rings. The summed E-state index contributed by atoms with van der Waals surface area (Å²) in [4.78, 5) is 12.3. The maximum absolute atomic E-state index is 12.3. The minimum atomic E-state index is -0.432. The van der Waals surface area contributed by atoms with Crippen molar-refractivity contribution < 1.29 is 9.90 Å². The van der Waals surface area contributed by atoms with Gasteiger partial charge in [-0.2, -0.15) is 5.10 Å².